The number of benzene rings is 1. The molecule has 14 heavy (non-hydrogen) atoms. The molecule has 1 atom stereocenters. The molecule has 0 aliphatic rings. The van der Waals surface area contributed by atoms with Gasteiger partial charge in [-0.3, -0.25) is 0 Å². The van der Waals surface area contributed by atoms with Gasteiger partial charge in [0.1, 0.15) is 11.8 Å². The van der Waals surface area contributed by atoms with Gasteiger partial charge in [-0.15, -0.1) is 0 Å². The third kappa shape index (κ3) is 2.68. The van der Waals surface area contributed by atoms with Gasteiger partial charge in [0.15, 0.2) is 0 Å². The smallest absolute Gasteiger partial charge is 0.387 e. The van der Waals surface area contributed by atoms with Crippen molar-refractivity contribution in [2.24, 2.45) is 5.73 Å². The average molecular weight is 198 g/mol. The van der Waals surface area contributed by atoms with E-state index < -0.39 is 12.7 Å². The molecule has 74 valence electrons. The van der Waals surface area contributed by atoms with Crippen LogP contribution in [0.2, 0.25) is 0 Å². The lowest BCUT2D eigenvalue weighted by atomic mass is 10.1. The Kier molecular flexibility index (Phi) is 3.37. The van der Waals surface area contributed by atoms with E-state index in [0.717, 1.165) is 0 Å². The van der Waals surface area contributed by atoms with Crippen LogP contribution < -0.4 is 10.5 Å². The molecule has 0 saturated carbocycles. The number of nitriles is 1. The first-order valence-electron chi connectivity index (χ1n) is 3.83. The second kappa shape index (κ2) is 4.53. The van der Waals surface area contributed by atoms with E-state index in [-0.39, 0.29) is 5.75 Å². The third-order valence-electron chi connectivity index (χ3n) is 1.60. The zero-order chi connectivity index (χ0) is 10.6. The summed E-state index contributed by atoms with van der Waals surface area (Å²) in [5, 5.41) is 8.48. The highest BCUT2D eigenvalue weighted by Gasteiger charge is 2.06. The van der Waals surface area contributed by atoms with Crippen molar-refractivity contribution in [2.45, 2.75) is 12.7 Å². The normalized spacial score (nSPS) is 12.2. The van der Waals surface area contributed by atoms with Crippen LogP contribution in [0, 0.1) is 11.3 Å². The Morgan fingerprint density at radius 2 is 1.86 bits per heavy atom. The average Bonchev–Trinajstić information content (AvgIpc) is 2.17. The minimum absolute atomic E-state index is 0.0499. The Labute approximate surface area is 79.7 Å². The van der Waals surface area contributed by atoms with Gasteiger partial charge in [-0.1, -0.05) is 12.1 Å². The summed E-state index contributed by atoms with van der Waals surface area (Å²) in [6, 6.07) is 6.74. The van der Waals surface area contributed by atoms with Crippen LogP contribution in [0.25, 0.3) is 0 Å². The van der Waals surface area contributed by atoms with Crippen molar-refractivity contribution in [3.8, 4) is 11.8 Å². The maximum Gasteiger partial charge on any atom is 0.387 e. The number of halogens is 2. The van der Waals surface area contributed by atoms with Crippen LogP contribution in [0.15, 0.2) is 24.3 Å². The van der Waals surface area contributed by atoms with Crippen molar-refractivity contribution in [2.75, 3.05) is 0 Å². The van der Waals surface area contributed by atoms with Crippen molar-refractivity contribution in [3.05, 3.63) is 29.8 Å². The first kappa shape index (κ1) is 10.4. The van der Waals surface area contributed by atoms with Crippen LogP contribution in [-0.2, 0) is 0 Å². The second-order valence-corrected chi connectivity index (χ2v) is 2.55. The van der Waals surface area contributed by atoms with Gasteiger partial charge in [0.05, 0.1) is 6.07 Å². The van der Waals surface area contributed by atoms with Crippen molar-refractivity contribution < 1.29 is 13.5 Å². The van der Waals surface area contributed by atoms with Crippen LogP contribution in [0.1, 0.15) is 11.6 Å². The molecule has 3 nitrogen and oxygen atoms in total. The van der Waals surface area contributed by atoms with Gasteiger partial charge >= 0.3 is 6.61 Å². The number of alkyl halides is 2. The third-order valence-corrected chi connectivity index (χ3v) is 1.60. The molecule has 1 aromatic rings. The molecule has 0 saturated heterocycles. The Balaban J connectivity index is 2.74. The largest absolute Gasteiger partial charge is 0.435 e. The first-order chi connectivity index (χ1) is 6.63. The molecular formula is C9H8F2N2O. The van der Waals surface area contributed by atoms with E-state index in [2.05, 4.69) is 4.74 Å². The van der Waals surface area contributed by atoms with E-state index in [9.17, 15) is 8.78 Å². The van der Waals surface area contributed by atoms with Crippen LogP contribution >= 0.6 is 0 Å². The second-order valence-electron chi connectivity index (χ2n) is 2.55. The predicted octanol–water partition coefficient (Wildman–Crippen LogP) is 1.81. The summed E-state index contributed by atoms with van der Waals surface area (Å²) >= 11 is 0. The van der Waals surface area contributed by atoms with Gasteiger partial charge in [-0.05, 0) is 17.7 Å². The topological polar surface area (TPSA) is 59.0 Å². The Morgan fingerprint density at radius 3 is 2.29 bits per heavy atom. The van der Waals surface area contributed by atoms with Gasteiger partial charge < -0.3 is 10.5 Å². The quantitative estimate of drug-likeness (QED) is 0.805. The summed E-state index contributed by atoms with van der Waals surface area (Å²) in [7, 11) is 0. The van der Waals surface area contributed by atoms with E-state index in [1.807, 2.05) is 6.07 Å². The molecule has 0 aromatic heterocycles. The van der Waals surface area contributed by atoms with Gasteiger partial charge in [-0.2, -0.15) is 14.0 Å². The molecule has 0 spiro atoms. The van der Waals surface area contributed by atoms with E-state index >= 15 is 0 Å². The van der Waals surface area contributed by atoms with E-state index in [0.29, 0.717) is 5.56 Å². The standard InChI is InChI=1S/C9H8F2N2O/c10-9(11)14-7-3-1-6(2-4-7)8(13)5-12/h1-4,8-9H,13H2/t8-/m1/s1. The van der Waals surface area contributed by atoms with Gasteiger partial charge in [0.2, 0.25) is 0 Å². The molecule has 0 heterocycles. The minimum Gasteiger partial charge on any atom is -0.435 e. The monoisotopic (exact) mass is 198 g/mol. The molecule has 1 aromatic carbocycles. The molecule has 5 heteroatoms. The highest BCUT2D eigenvalue weighted by molar-refractivity contribution is 5.31. The van der Waals surface area contributed by atoms with Crippen LogP contribution in [0.4, 0.5) is 8.78 Å². The number of nitrogens with two attached hydrogens (primary N) is 1. The van der Waals surface area contributed by atoms with E-state index in [1.165, 1.54) is 24.3 Å². The van der Waals surface area contributed by atoms with Gasteiger partial charge in [0, 0.05) is 0 Å². The number of hydrogen-bond donors (Lipinski definition) is 1. The van der Waals surface area contributed by atoms with Crippen molar-refractivity contribution in [3.63, 3.8) is 0 Å². The Morgan fingerprint density at radius 1 is 1.29 bits per heavy atom. The lowest BCUT2D eigenvalue weighted by Gasteiger charge is -2.06. The number of rotatable bonds is 3. The van der Waals surface area contributed by atoms with Crippen molar-refractivity contribution in [1.82, 2.24) is 0 Å². The van der Waals surface area contributed by atoms with Crippen LogP contribution in [0.3, 0.4) is 0 Å². The van der Waals surface area contributed by atoms with E-state index in [4.69, 9.17) is 11.0 Å². The lowest BCUT2D eigenvalue weighted by molar-refractivity contribution is -0.0498. The fourth-order valence-electron chi connectivity index (χ4n) is 0.931. The summed E-state index contributed by atoms with van der Waals surface area (Å²) in [6.07, 6.45) is 0. The lowest BCUT2D eigenvalue weighted by Crippen LogP contribution is -2.07. The molecule has 0 fully saturated rings. The summed E-state index contributed by atoms with van der Waals surface area (Å²) in [5.41, 5.74) is 5.96. The first-order valence-corrected chi connectivity index (χ1v) is 3.83. The zero-order valence-corrected chi connectivity index (χ0v) is 7.15. The van der Waals surface area contributed by atoms with Crippen LogP contribution in [0.5, 0.6) is 5.75 Å². The maximum absolute atomic E-state index is 11.7. The molecule has 1 rings (SSSR count). The number of ether oxygens (including phenoxy) is 1. The number of hydrogen-bond acceptors (Lipinski definition) is 3. The minimum atomic E-state index is -2.84. The SMILES string of the molecule is N#C[C@@H](N)c1ccc(OC(F)F)cc1. The van der Waals surface area contributed by atoms with E-state index in [1.54, 1.807) is 0 Å². The predicted molar refractivity (Wildman–Crippen MR) is 45.6 cm³/mol. The molecule has 0 aliphatic carbocycles. The Hall–Kier alpha value is -1.67. The molecule has 0 unspecified atom stereocenters. The molecular weight excluding hydrogens is 190 g/mol. The van der Waals surface area contributed by atoms with Gasteiger partial charge in [0.25, 0.3) is 0 Å². The van der Waals surface area contributed by atoms with Crippen LogP contribution in [-0.4, -0.2) is 6.61 Å². The fourth-order valence-corrected chi connectivity index (χ4v) is 0.931. The zero-order valence-electron chi connectivity index (χ0n) is 7.15. The van der Waals surface area contributed by atoms with Crippen molar-refractivity contribution in [1.29, 1.82) is 5.26 Å². The highest BCUT2D eigenvalue weighted by Crippen LogP contribution is 2.17. The molecule has 0 radical (unpaired) electrons. The molecule has 2 N–H and O–H groups in total. The summed E-state index contributed by atoms with van der Waals surface area (Å²) in [5.74, 6) is 0.0499. The van der Waals surface area contributed by atoms with Crippen molar-refractivity contribution >= 4 is 0 Å². The summed E-state index contributed by atoms with van der Waals surface area (Å²) < 4.78 is 27.6. The summed E-state index contributed by atoms with van der Waals surface area (Å²) in [6.45, 7) is -2.84. The Bertz CT molecular complexity index is 332. The highest BCUT2D eigenvalue weighted by atomic mass is 19.3. The summed E-state index contributed by atoms with van der Waals surface area (Å²) in [4.78, 5) is 0. The molecule has 0 aliphatic heterocycles. The number of nitrogens with zero attached hydrogens (tertiary/aromatic N) is 1. The fraction of sp³-hybridized carbons (Fsp3) is 0.222. The maximum atomic E-state index is 11.7. The molecule has 0 bridgehead atoms. The van der Waals surface area contributed by atoms with Gasteiger partial charge in [-0.25, -0.2) is 0 Å². The molecule has 0 amide bonds.